The second-order valence-corrected chi connectivity index (χ2v) is 4.29. The van der Waals surface area contributed by atoms with Crippen molar-refractivity contribution in [3.63, 3.8) is 0 Å². The lowest BCUT2D eigenvalue weighted by atomic mass is 9.98. The van der Waals surface area contributed by atoms with E-state index in [2.05, 4.69) is 32.0 Å². The number of benzene rings is 1. The molecule has 0 saturated carbocycles. The van der Waals surface area contributed by atoms with E-state index in [1.54, 1.807) is 0 Å². The zero-order chi connectivity index (χ0) is 11.7. The first-order valence-electron chi connectivity index (χ1n) is 5.47. The fourth-order valence-corrected chi connectivity index (χ4v) is 1.87. The molecule has 0 aliphatic heterocycles. The summed E-state index contributed by atoms with van der Waals surface area (Å²) in [7, 11) is 0. The fraction of sp³-hybridized carbons (Fsp3) is 0.286. The Morgan fingerprint density at radius 2 is 1.81 bits per heavy atom. The molecule has 2 nitrogen and oxygen atoms in total. The molecule has 84 valence electrons. The topological polar surface area (TPSA) is 39.2 Å². The summed E-state index contributed by atoms with van der Waals surface area (Å²) in [6.07, 6.45) is 0. The van der Waals surface area contributed by atoms with Gasteiger partial charge >= 0.3 is 0 Å². The van der Waals surface area contributed by atoms with Gasteiger partial charge in [0.25, 0.3) is 0 Å². The zero-order valence-electron chi connectivity index (χ0n) is 9.95. The van der Waals surface area contributed by atoms with Crippen molar-refractivity contribution >= 4 is 0 Å². The molecule has 2 rings (SSSR count). The summed E-state index contributed by atoms with van der Waals surface area (Å²) in [5.41, 5.74) is 9.76. The van der Waals surface area contributed by atoms with Crippen LogP contribution in [-0.4, -0.2) is 0 Å². The number of aryl methyl sites for hydroxylation is 3. The Balaban J connectivity index is 2.40. The van der Waals surface area contributed by atoms with Gasteiger partial charge in [0.1, 0.15) is 11.5 Å². The highest BCUT2D eigenvalue weighted by atomic mass is 16.3. The second kappa shape index (κ2) is 4.14. The van der Waals surface area contributed by atoms with Crippen molar-refractivity contribution in [2.24, 2.45) is 5.73 Å². The third-order valence-electron chi connectivity index (χ3n) is 2.84. The average Bonchev–Trinajstić information content (AvgIpc) is 2.67. The average molecular weight is 215 g/mol. The predicted octanol–water partition coefficient (Wildman–Crippen LogP) is 3.25. The van der Waals surface area contributed by atoms with Crippen LogP contribution in [0.5, 0.6) is 0 Å². The van der Waals surface area contributed by atoms with Crippen LogP contribution in [0.2, 0.25) is 0 Å². The van der Waals surface area contributed by atoms with E-state index in [0.29, 0.717) is 0 Å². The Morgan fingerprint density at radius 3 is 2.44 bits per heavy atom. The quantitative estimate of drug-likeness (QED) is 0.835. The van der Waals surface area contributed by atoms with Crippen LogP contribution >= 0.6 is 0 Å². The lowest BCUT2D eigenvalue weighted by Crippen LogP contribution is -2.12. The molecular formula is C14H17NO. The molecule has 0 aliphatic carbocycles. The molecule has 0 bridgehead atoms. The normalized spacial score (nSPS) is 12.8. The van der Waals surface area contributed by atoms with E-state index in [9.17, 15) is 0 Å². The summed E-state index contributed by atoms with van der Waals surface area (Å²) >= 11 is 0. The van der Waals surface area contributed by atoms with Crippen LogP contribution in [-0.2, 0) is 0 Å². The van der Waals surface area contributed by atoms with E-state index in [1.807, 2.05) is 19.1 Å². The molecule has 1 unspecified atom stereocenters. The van der Waals surface area contributed by atoms with Crippen LogP contribution in [0.4, 0.5) is 0 Å². The number of rotatable bonds is 2. The molecule has 1 aromatic heterocycles. The number of nitrogens with two attached hydrogens (primary N) is 1. The van der Waals surface area contributed by atoms with Gasteiger partial charge in [-0.3, -0.25) is 0 Å². The van der Waals surface area contributed by atoms with Gasteiger partial charge in [-0.1, -0.05) is 23.8 Å². The molecule has 1 heterocycles. The van der Waals surface area contributed by atoms with Gasteiger partial charge in [0, 0.05) is 0 Å². The summed E-state index contributed by atoms with van der Waals surface area (Å²) in [5.74, 6) is 1.72. The van der Waals surface area contributed by atoms with Crippen molar-refractivity contribution in [1.82, 2.24) is 0 Å². The summed E-state index contributed by atoms with van der Waals surface area (Å²) in [4.78, 5) is 0. The highest BCUT2D eigenvalue weighted by Gasteiger charge is 2.14. The van der Waals surface area contributed by atoms with Crippen molar-refractivity contribution in [1.29, 1.82) is 0 Å². The molecule has 16 heavy (non-hydrogen) atoms. The molecule has 2 aromatic rings. The van der Waals surface area contributed by atoms with Gasteiger partial charge in [-0.2, -0.15) is 0 Å². The molecule has 0 spiro atoms. The zero-order valence-corrected chi connectivity index (χ0v) is 9.95. The smallest absolute Gasteiger partial charge is 0.125 e. The first-order chi connectivity index (χ1) is 7.58. The molecule has 0 radical (unpaired) electrons. The number of hydrogen-bond donors (Lipinski definition) is 1. The van der Waals surface area contributed by atoms with Crippen LogP contribution in [0.25, 0.3) is 0 Å². The molecule has 0 amide bonds. The maximum absolute atomic E-state index is 6.21. The number of hydrogen-bond acceptors (Lipinski definition) is 2. The third kappa shape index (κ3) is 2.02. The van der Waals surface area contributed by atoms with Gasteiger partial charge in [-0.05, 0) is 44.0 Å². The fourth-order valence-electron chi connectivity index (χ4n) is 1.87. The highest BCUT2D eigenvalue weighted by molar-refractivity contribution is 5.36. The maximum atomic E-state index is 6.21. The van der Waals surface area contributed by atoms with Crippen molar-refractivity contribution in [2.75, 3.05) is 0 Å². The van der Waals surface area contributed by atoms with Crippen molar-refractivity contribution < 1.29 is 4.42 Å². The second-order valence-electron chi connectivity index (χ2n) is 4.29. The van der Waals surface area contributed by atoms with Gasteiger partial charge in [0.2, 0.25) is 0 Å². The minimum Gasteiger partial charge on any atom is -0.464 e. The predicted molar refractivity (Wildman–Crippen MR) is 65.4 cm³/mol. The van der Waals surface area contributed by atoms with Crippen molar-refractivity contribution in [3.05, 3.63) is 58.5 Å². The van der Waals surface area contributed by atoms with E-state index in [-0.39, 0.29) is 6.04 Å². The first-order valence-corrected chi connectivity index (χ1v) is 5.47. The Kier molecular flexibility index (Phi) is 2.84. The summed E-state index contributed by atoms with van der Waals surface area (Å²) in [6.45, 7) is 6.08. The molecule has 0 saturated heterocycles. The SMILES string of the molecule is Cc1ccc(C)c(C(N)c2ccc(C)o2)c1. The molecule has 1 atom stereocenters. The lowest BCUT2D eigenvalue weighted by molar-refractivity contribution is 0.465. The molecule has 0 fully saturated rings. The van der Waals surface area contributed by atoms with Crippen molar-refractivity contribution in [3.8, 4) is 0 Å². The maximum Gasteiger partial charge on any atom is 0.125 e. The molecule has 2 N–H and O–H groups in total. The number of furan rings is 1. The standard InChI is InChI=1S/C14H17NO/c1-9-4-5-10(2)12(8-9)14(15)13-7-6-11(3)16-13/h4-8,14H,15H2,1-3H3. The largest absolute Gasteiger partial charge is 0.464 e. The van der Waals surface area contributed by atoms with Crippen LogP contribution < -0.4 is 5.73 Å². The Morgan fingerprint density at radius 1 is 1.06 bits per heavy atom. The van der Waals surface area contributed by atoms with E-state index in [0.717, 1.165) is 17.1 Å². The molecule has 2 heteroatoms. The van der Waals surface area contributed by atoms with E-state index in [4.69, 9.17) is 10.2 Å². The highest BCUT2D eigenvalue weighted by Crippen LogP contribution is 2.24. The van der Waals surface area contributed by atoms with Gasteiger partial charge in [-0.15, -0.1) is 0 Å². The van der Waals surface area contributed by atoms with E-state index in [1.165, 1.54) is 11.1 Å². The molecular weight excluding hydrogens is 198 g/mol. The van der Waals surface area contributed by atoms with Crippen LogP contribution in [0.1, 0.15) is 34.3 Å². The third-order valence-corrected chi connectivity index (χ3v) is 2.84. The van der Waals surface area contributed by atoms with Gasteiger partial charge in [0.15, 0.2) is 0 Å². The van der Waals surface area contributed by atoms with Crippen LogP contribution in [0, 0.1) is 20.8 Å². The minimum atomic E-state index is -0.173. The Labute approximate surface area is 96.1 Å². The van der Waals surface area contributed by atoms with Crippen LogP contribution in [0.15, 0.2) is 34.7 Å². The van der Waals surface area contributed by atoms with Gasteiger partial charge < -0.3 is 10.2 Å². The minimum absolute atomic E-state index is 0.173. The monoisotopic (exact) mass is 215 g/mol. The van der Waals surface area contributed by atoms with Crippen LogP contribution in [0.3, 0.4) is 0 Å². The summed E-state index contributed by atoms with van der Waals surface area (Å²) < 4.78 is 5.57. The molecule has 0 aliphatic rings. The summed E-state index contributed by atoms with van der Waals surface area (Å²) in [5, 5.41) is 0. The lowest BCUT2D eigenvalue weighted by Gasteiger charge is -2.13. The van der Waals surface area contributed by atoms with E-state index < -0.39 is 0 Å². The first kappa shape index (κ1) is 11.0. The van der Waals surface area contributed by atoms with Gasteiger partial charge in [-0.25, -0.2) is 0 Å². The van der Waals surface area contributed by atoms with Crippen molar-refractivity contribution in [2.45, 2.75) is 26.8 Å². The van der Waals surface area contributed by atoms with E-state index >= 15 is 0 Å². The Hall–Kier alpha value is -1.54. The Bertz CT molecular complexity index is 499. The van der Waals surface area contributed by atoms with Gasteiger partial charge in [0.05, 0.1) is 6.04 Å². The summed E-state index contributed by atoms with van der Waals surface area (Å²) in [6, 6.07) is 10.0. The molecule has 1 aromatic carbocycles.